The third kappa shape index (κ3) is 3.54. The average Bonchev–Trinajstić information content (AvgIpc) is 2.70. The van der Waals surface area contributed by atoms with Crippen LogP contribution < -0.4 is 16.4 Å². The zero-order chi connectivity index (χ0) is 14.9. The minimum Gasteiger partial charge on any atom is -0.397 e. The van der Waals surface area contributed by atoms with E-state index in [0.717, 1.165) is 5.00 Å². The number of nitrogens with zero attached hydrogens (tertiary/aromatic N) is 2. The second-order valence-corrected chi connectivity index (χ2v) is 5.64. The van der Waals surface area contributed by atoms with E-state index in [1.807, 2.05) is 4.90 Å². The average molecular weight is 308 g/mol. The lowest BCUT2D eigenvalue weighted by molar-refractivity contribution is -0.146. The molecule has 1 aromatic rings. The van der Waals surface area contributed by atoms with Crippen molar-refractivity contribution < 1.29 is 18.0 Å². The van der Waals surface area contributed by atoms with Crippen LogP contribution in [0.15, 0.2) is 6.07 Å². The van der Waals surface area contributed by atoms with Crippen LogP contribution in [-0.4, -0.2) is 49.7 Å². The summed E-state index contributed by atoms with van der Waals surface area (Å²) in [7, 11) is 0. The first-order valence-electron chi connectivity index (χ1n) is 5.99. The fourth-order valence-corrected chi connectivity index (χ4v) is 3.10. The smallest absolute Gasteiger partial charge is 0.397 e. The fraction of sp³-hybridized carbons (Fsp3) is 0.545. The quantitative estimate of drug-likeness (QED) is 0.877. The Morgan fingerprint density at radius 3 is 2.35 bits per heavy atom. The Hall–Kier alpha value is -1.48. The molecule has 1 aromatic heterocycles. The highest BCUT2D eigenvalue weighted by atomic mass is 32.1. The lowest BCUT2D eigenvalue weighted by Crippen LogP contribution is -2.49. The number of nitrogen functional groups attached to an aromatic ring is 1. The normalized spacial score (nSPS) is 17.4. The number of carbonyl (C=O) groups excluding carboxylic acids is 1. The predicted molar refractivity (Wildman–Crippen MR) is 72.0 cm³/mol. The standard InChI is InChI=1S/C11H15F3N4OS/c12-11(13,14)6-17-1-3-18(4-2-17)8-5-7(15)9(20-8)10(16)19/h5H,1-4,6,15H2,(H2,16,19). The summed E-state index contributed by atoms with van der Waals surface area (Å²) >= 11 is 1.17. The summed E-state index contributed by atoms with van der Waals surface area (Å²) in [6.45, 7) is 0.689. The van der Waals surface area contributed by atoms with E-state index in [4.69, 9.17) is 11.5 Å². The minimum absolute atomic E-state index is 0.290. The van der Waals surface area contributed by atoms with Gasteiger partial charge >= 0.3 is 6.18 Å². The number of nitrogens with two attached hydrogens (primary N) is 2. The molecule has 0 bridgehead atoms. The largest absolute Gasteiger partial charge is 0.401 e. The van der Waals surface area contributed by atoms with Crippen molar-refractivity contribution >= 4 is 27.9 Å². The maximum atomic E-state index is 12.3. The second kappa shape index (κ2) is 5.49. The molecule has 0 spiro atoms. The highest BCUT2D eigenvalue weighted by Crippen LogP contribution is 2.32. The van der Waals surface area contributed by atoms with E-state index in [1.165, 1.54) is 16.2 Å². The Labute approximate surface area is 117 Å². The zero-order valence-corrected chi connectivity index (χ0v) is 11.4. The van der Waals surface area contributed by atoms with Gasteiger partial charge in [-0.3, -0.25) is 9.69 Å². The van der Waals surface area contributed by atoms with Crippen LogP contribution in [0.1, 0.15) is 9.67 Å². The van der Waals surface area contributed by atoms with E-state index in [9.17, 15) is 18.0 Å². The number of carbonyl (C=O) groups is 1. The van der Waals surface area contributed by atoms with Crippen LogP contribution in [0.25, 0.3) is 0 Å². The highest BCUT2D eigenvalue weighted by Gasteiger charge is 2.32. The van der Waals surface area contributed by atoms with Crippen LogP contribution in [-0.2, 0) is 0 Å². The number of rotatable bonds is 3. The van der Waals surface area contributed by atoms with Gasteiger partial charge < -0.3 is 16.4 Å². The van der Waals surface area contributed by atoms with Gasteiger partial charge in [0, 0.05) is 26.2 Å². The minimum atomic E-state index is -4.17. The summed E-state index contributed by atoms with van der Waals surface area (Å²) in [5.41, 5.74) is 11.2. The molecule has 1 aliphatic heterocycles. The van der Waals surface area contributed by atoms with Crippen LogP contribution in [0, 0.1) is 0 Å². The number of thiophene rings is 1. The Morgan fingerprint density at radius 2 is 1.90 bits per heavy atom. The maximum Gasteiger partial charge on any atom is 0.401 e. The molecule has 1 saturated heterocycles. The second-order valence-electron chi connectivity index (χ2n) is 4.61. The molecular formula is C11H15F3N4OS. The van der Waals surface area contributed by atoms with E-state index in [1.54, 1.807) is 6.07 Å². The Bertz CT molecular complexity index is 494. The summed E-state index contributed by atoms with van der Waals surface area (Å²) in [6, 6.07) is 1.64. The van der Waals surface area contributed by atoms with Gasteiger partial charge in [0.05, 0.1) is 17.2 Å². The molecule has 4 N–H and O–H groups in total. The number of primary amides is 1. The van der Waals surface area contributed by atoms with Crippen molar-refractivity contribution in [1.29, 1.82) is 0 Å². The summed E-state index contributed by atoms with van der Waals surface area (Å²) in [4.78, 5) is 14.7. The third-order valence-corrected chi connectivity index (χ3v) is 4.28. The molecule has 2 heterocycles. The van der Waals surface area contributed by atoms with Gasteiger partial charge in [-0.15, -0.1) is 11.3 Å². The third-order valence-electron chi connectivity index (χ3n) is 3.06. The van der Waals surface area contributed by atoms with Crippen molar-refractivity contribution in [3.63, 3.8) is 0 Å². The molecule has 0 radical (unpaired) electrons. The number of anilines is 2. The van der Waals surface area contributed by atoms with Gasteiger partial charge in [0.2, 0.25) is 0 Å². The highest BCUT2D eigenvalue weighted by molar-refractivity contribution is 7.18. The molecule has 0 aliphatic carbocycles. The molecule has 112 valence electrons. The Kier molecular flexibility index (Phi) is 4.09. The number of piperazine rings is 1. The maximum absolute atomic E-state index is 12.3. The molecule has 0 aromatic carbocycles. The Morgan fingerprint density at radius 1 is 1.30 bits per heavy atom. The van der Waals surface area contributed by atoms with Crippen LogP contribution >= 0.6 is 11.3 Å². The number of amides is 1. The SMILES string of the molecule is NC(=O)c1sc(N2CCN(CC(F)(F)F)CC2)cc1N. The Balaban J connectivity index is 1.97. The van der Waals surface area contributed by atoms with Crippen molar-refractivity contribution in [2.45, 2.75) is 6.18 Å². The topological polar surface area (TPSA) is 75.6 Å². The monoisotopic (exact) mass is 308 g/mol. The molecule has 2 rings (SSSR count). The van der Waals surface area contributed by atoms with Crippen LogP contribution in [0.4, 0.5) is 23.9 Å². The summed E-state index contributed by atoms with van der Waals surface area (Å²) in [5.74, 6) is -0.588. The molecular weight excluding hydrogens is 293 g/mol. The molecule has 9 heteroatoms. The molecule has 1 amide bonds. The van der Waals surface area contributed by atoms with Crippen molar-refractivity contribution in [2.24, 2.45) is 5.73 Å². The van der Waals surface area contributed by atoms with Crippen molar-refractivity contribution in [3.05, 3.63) is 10.9 Å². The van der Waals surface area contributed by atoms with Gasteiger partial charge in [-0.1, -0.05) is 0 Å². The van der Waals surface area contributed by atoms with Crippen LogP contribution in [0.5, 0.6) is 0 Å². The van der Waals surface area contributed by atoms with Gasteiger partial charge in [0.1, 0.15) is 4.88 Å². The summed E-state index contributed by atoms with van der Waals surface area (Å²) in [5, 5.41) is 0.767. The van der Waals surface area contributed by atoms with E-state index in [-0.39, 0.29) is 4.88 Å². The predicted octanol–water partition coefficient (Wildman–Crippen LogP) is 1.11. The van der Waals surface area contributed by atoms with Gasteiger partial charge in [-0.2, -0.15) is 13.2 Å². The van der Waals surface area contributed by atoms with Crippen molar-refractivity contribution in [2.75, 3.05) is 43.4 Å². The molecule has 0 saturated carbocycles. The van der Waals surface area contributed by atoms with Crippen molar-refractivity contribution in [3.8, 4) is 0 Å². The number of hydrogen-bond acceptors (Lipinski definition) is 5. The van der Waals surface area contributed by atoms with Gasteiger partial charge in [-0.25, -0.2) is 0 Å². The van der Waals surface area contributed by atoms with E-state index in [2.05, 4.69) is 0 Å². The fourth-order valence-electron chi connectivity index (χ4n) is 2.12. The number of hydrogen-bond donors (Lipinski definition) is 2. The van der Waals surface area contributed by atoms with Crippen LogP contribution in [0.3, 0.4) is 0 Å². The lowest BCUT2D eigenvalue weighted by atomic mass is 10.3. The summed E-state index contributed by atoms with van der Waals surface area (Å²) < 4.78 is 36.9. The number of halogens is 3. The van der Waals surface area contributed by atoms with E-state index >= 15 is 0 Å². The van der Waals surface area contributed by atoms with Crippen LogP contribution in [0.2, 0.25) is 0 Å². The molecule has 1 fully saturated rings. The van der Waals surface area contributed by atoms with Gasteiger partial charge in [0.15, 0.2) is 0 Å². The summed E-state index contributed by atoms with van der Waals surface area (Å²) in [6.07, 6.45) is -4.17. The molecule has 0 atom stereocenters. The number of alkyl halides is 3. The lowest BCUT2D eigenvalue weighted by Gasteiger charge is -2.35. The zero-order valence-electron chi connectivity index (χ0n) is 10.6. The first kappa shape index (κ1) is 14.9. The molecule has 1 aliphatic rings. The first-order chi connectivity index (χ1) is 9.26. The van der Waals surface area contributed by atoms with Gasteiger partial charge in [0.25, 0.3) is 5.91 Å². The molecule has 20 heavy (non-hydrogen) atoms. The van der Waals surface area contributed by atoms with E-state index < -0.39 is 18.6 Å². The van der Waals surface area contributed by atoms with E-state index in [0.29, 0.717) is 31.9 Å². The molecule has 5 nitrogen and oxygen atoms in total. The molecule has 0 unspecified atom stereocenters. The van der Waals surface area contributed by atoms with Crippen molar-refractivity contribution in [1.82, 2.24) is 4.90 Å². The van der Waals surface area contributed by atoms with Gasteiger partial charge in [-0.05, 0) is 6.07 Å². The first-order valence-corrected chi connectivity index (χ1v) is 6.81.